The maximum atomic E-state index is 5.73. The van der Waals surface area contributed by atoms with E-state index in [2.05, 4.69) is 22.6 Å². The topological polar surface area (TPSA) is 18.5 Å². The van der Waals surface area contributed by atoms with Crippen LogP contribution in [0, 0.1) is 3.57 Å². The molecule has 74 valence electrons. The molecule has 0 aliphatic carbocycles. The van der Waals surface area contributed by atoms with E-state index in [4.69, 9.17) is 9.47 Å². The van der Waals surface area contributed by atoms with E-state index in [0.717, 1.165) is 26.6 Å². The summed E-state index contributed by atoms with van der Waals surface area (Å²) in [6.07, 6.45) is 0. The molecule has 0 saturated heterocycles. The molecule has 2 nitrogen and oxygen atoms in total. The number of rotatable bonds is 0. The van der Waals surface area contributed by atoms with Gasteiger partial charge in [-0.25, -0.2) is 0 Å². The van der Waals surface area contributed by atoms with Crippen LogP contribution in [0.15, 0.2) is 42.5 Å². The maximum Gasteiger partial charge on any atom is 0.171 e. The van der Waals surface area contributed by atoms with Gasteiger partial charge in [0.25, 0.3) is 0 Å². The monoisotopic (exact) mass is 310 g/mol. The molecule has 0 amide bonds. The molecule has 1 aliphatic heterocycles. The van der Waals surface area contributed by atoms with Gasteiger partial charge in [0.15, 0.2) is 23.0 Å². The summed E-state index contributed by atoms with van der Waals surface area (Å²) in [7, 11) is 0. The minimum Gasteiger partial charge on any atom is -0.450 e. The van der Waals surface area contributed by atoms with Crippen LogP contribution in [0.5, 0.6) is 23.0 Å². The first-order chi connectivity index (χ1) is 7.33. The highest BCUT2D eigenvalue weighted by Crippen LogP contribution is 2.45. The lowest BCUT2D eigenvalue weighted by atomic mass is 10.2. The minimum absolute atomic E-state index is 0.770. The molecule has 3 heteroatoms. The second-order valence-corrected chi connectivity index (χ2v) is 4.49. The van der Waals surface area contributed by atoms with Crippen molar-refractivity contribution in [3.05, 3.63) is 46.0 Å². The molecular weight excluding hydrogens is 303 g/mol. The van der Waals surface area contributed by atoms with Crippen LogP contribution < -0.4 is 9.47 Å². The summed E-state index contributed by atoms with van der Waals surface area (Å²) in [5, 5.41) is 0. The smallest absolute Gasteiger partial charge is 0.171 e. The van der Waals surface area contributed by atoms with Crippen LogP contribution in [0.1, 0.15) is 0 Å². The Morgan fingerprint density at radius 3 is 2.07 bits per heavy atom. The van der Waals surface area contributed by atoms with Crippen molar-refractivity contribution in [3.63, 3.8) is 0 Å². The summed E-state index contributed by atoms with van der Waals surface area (Å²) in [4.78, 5) is 0. The van der Waals surface area contributed by atoms with Gasteiger partial charge in [0, 0.05) is 3.57 Å². The van der Waals surface area contributed by atoms with Crippen molar-refractivity contribution in [1.82, 2.24) is 0 Å². The number of hydrogen-bond acceptors (Lipinski definition) is 2. The van der Waals surface area contributed by atoms with E-state index in [9.17, 15) is 0 Å². The van der Waals surface area contributed by atoms with Crippen molar-refractivity contribution in [3.8, 4) is 23.0 Å². The standard InChI is InChI=1S/C12H7IO2/c13-8-5-6-11-12(7-8)15-10-4-2-1-3-9(10)14-11/h1-7H. The minimum atomic E-state index is 0.770. The SMILES string of the molecule is Ic1ccc2c(c1)Oc1ccccc1O2. The first-order valence-corrected chi connectivity index (χ1v) is 5.65. The van der Waals surface area contributed by atoms with Crippen molar-refractivity contribution in [2.75, 3.05) is 0 Å². The zero-order valence-corrected chi connectivity index (χ0v) is 9.89. The van der Waals surface area contributed by atoms with E-state index in [1.165, 1.54) is 0 Å². The third-order valence-electron chi connectivity index (χ3n) is 2.19. The lowest BCUT2D eigenvalue weighted by Gasteiger charge is -2.20. The van der Waals surface area contributed by atoms with Gasteiger partial charge >= 0.3 is 0 Å². The van der Waals surface area contributed by atoms with Crippen molar-refractivity contribution in [1.29, 1.82) is 0 Å². The average Bonchev–Trinajstić information content (AvgIpc) is 2.26. The molecule has 0 unspecified atom stereocenters. The summed E-state index contributed by atoms with van der Waals surface area (Å²) in [6.45, 7) is 0. The third-order valence-corrected chi connectivity index (χ3v) is 2.87. The van der Waals surface area contributed by atoms with Gasteiger partial charge in [0.2, 0.25) is 0 Å². The molecule has 1 heterocycles. The predicted molar refractivity (Wildman–Crippen MR) is 65.7 cm³/mol. The highest BCUT2D eigenvalue weighted by molar-refractivity contribution is 14.1. The Morgan fingerprint density at radius 2 is 1.33 bits per heavy atom. The van der Waals surface area contributed by atoms with Crippen molar-refractivity contribution in [2.24, 2.45) is 0 Å². The molecule has 0 fully saturated rings. The number of ether oxygens (including phenoxy) is 2. The van der Waals surface area contributed by atoms with E-state index >= 15 is 0 Å². The molecule has 0 N–H and O–H groups in total. The zero-order chi connectivity index (χ0) is 10.3. The Labute approximate surface area is 101 Å². The van der Waals surface area contributed by atoms with Crippen LogP contribution in [-0.4, -0.2) is 0 Å². The second-order valence-electron chi connectivity index (χ2n) is 3.24. The Bertz CT molecular complexity index is 523. The lowest BCUT2D eigenvalue weighted by Crippen LogP contribution is -1.98. The fraction of sp³-hybridized carbons (Fsp3) is 0. The molecule has 0 aromatic heterocycles. The zero-order valence-electron chi connectivity index (χ0n) is 7.74. The van der Waals surface area contributed by atoms with Gasteiger partial charge in [-0.15, -0.1) is 0 Å². The van der Waals surface area contributed by atoms with Crippen molar-refractivity contribution in [2.45, 2.75) is 0 Å². The molecule has 0 bridgehead atoms. The Morgan fingerprint density at radius 1 is 0.733 bits per heavy atom. The summed E-state index contributed by atoms with van der Waals surface area (Å²) in [5.41, 5.74) is 0. The van der Waals surface area contributed by atoms with Crippen LogP contribution in [0.3, 0.4) is 0 Å². The number of fused-ring (bicyclic) bond motifs is 2. The number of hydrogen-bond donors (Lipinski definition) is 0. The molecule has 0 spiro atoms. The van der Waals surface area contributed by atoms with Crippen LogP contribution in [-0.2, 0) is 0 Å². The van der Waals surface area contributed by atoms with E-state index in [1.54, 1.807) is 0 Å². The molecule has 3 rings (SSSR count). The third kappa shape index (κ3) is 1.56. The molecule has 0 atom stereocenters. The predicted octanol–water partition coefficient (Wildman–Crippen LogP) is 4.19. The van der Waals surface area contributed by atoms with Gasteiger partial charge in [0.05, 0.1) is 0 Å². The van der Waals surface area contributed by atoms with Crippen LogP contribution in [0.2, 0.25) is 0 Å². The fourth-order valence-electron chi connectivity index (χ4n) is 1.50. The number of para-hydroxylation sites is 2. The van der Waals surface area contributed by atoms with Gasteiger partial charge in [-0.2, -0.15) is 0 Å². The van der Waals surface area contributed by atoms with E-state index in [-0.39, 0.29) is 0 Å². The van der Waals surface area contributed by atoms with E-state index in [1.807, 2.05) is 42.5 Å². The number of benzene rings is 2. The summed E-state index contributed by atoms with van der Waals surface area (Å²) in [6, 6.07) is 13.5. The van der Waals surface area contributed by atoms with E-state index < -0.39 is 0 Å². The normalized spacial score (nSPS) is 12.1. The molecule has 0 radical (unpaired) electrons. The fourth-order valence-corrected chi connectivity index (χ4v) is 1.96. The Balaban J connectivity index is 2.11. The molecule has 1 aliphatic rings. The van der Waals surface area contributed by atoms with Gasteiger partial charge in [0.1, 0.15) is 0 Å². The van der Waals surface area contributed by atoms with Gasteiger partial charge in [-0.05, 0) is 52.9 Å². The first-order valence-electron chi connectivity index (χ1n) is 4.57. The second kappa shape index (κ2) is 3.41. The average molecular weight is 310 g/mol. The summed E-state index contributed by atoms with van der Waals surface area (Å²) >= 11 is 2.25. The van der Waals surface area contributed by atoms with Gasteiger partial charge < -0.3 is 9.47 Å². The Kier molecular flexibility index (Phi) is 2.05. The molecule has 2 aromatic rings. The van der Waals surface area contributed by atoms with Crippen LogP contribution in [0.25, 0.3) is 0 Å². The Hall–Kier alpha value is -1.23. The first kappa shape index (κ1) is 9.03. The van der Waals surface area contributed by atoms with Crippen molar-refractivity contribution < 1.29 is 9.47 Å². The largest absolute Gasteiger partial charge is 0.450 e. The van der Waals surface area contributed by atoms with Crippen LogP contribution >= 0.6 is 22.6 Å². The summed E-state index contributed by atoms with van der Waals surface area (Å²) in [5.74, 6) is 3.09. The number of halogens is 1. The highest BCUT2D eigenvalue weighted by atomic mass is 127. The molecule has 15 heavy (non-hydrogen) atoms. The lowest BCUT2D eigenvalue weighted by molar-refractivity contribution is 0.359. The van der Waals surface area contributed by atoms with Gasteiger partial charge in [-0.1, -0.05) is 12.1 Å². The van der Waals surface area contributed by atoms with E-state index in [0.29, 0.717) is 0 Å². The molecule has 2 aromatic carbocycles. The molecular formula is C12H7IO2. The highest BCUT2D eigenvalue weighted by Gasteiger charge is 2.17. The summed E-state index contributed by atoms with van der Waals surface area (Å²) < 4.78 is 12.6. The van der Waals surface area contributed by atoms with Gasteiger partial charge in [-0.3, -0.25) is 0 Å². The van der Waals surface area contributed by atoms with Crippen molar-refractivity contribution >= 4 is 22.6 Å². The quantitative estimate of drug-likeness (QED) is 0.580. The maximum absolute atomic E-state index is 5.73. The van der Waals surface area contributed by atoms with Crippen LogP contribution in [0.4, 0.5) is 0 Å². The molecule has 0 saturated carbocycles.